The van der Waals surface area contributed by atoms with E-state index in [1.165, 1.54) is 0 Å². The normalized spacial score (nSPS) is 13.6. The Kier molecular flexibility index (Phi) is 5.41. The smallest absolute Gasteiger partial charge is 0.255 e. The second-order valence-corrected chi connectivity index (χ2v) is 8.34. The maximum Gasteiger partial charge on any atom is 0.255 e. The van der Waals surface area contributed by atoms with Crippen molar-refractivity contribution in [1.82, 2.24) is 10.3 Å². The molecule has 162 valence electrons. The fourth-order valence-electron chi connectivity index (χ4n) is 4.52. The maximum absolute atomic E-state index is 13.3. The first-order valence-electron chi connectivity index (χ1n) is 11.0. The third-order valence-corrected chi connectivity index (χ3v) is 6.18. The number of aryl methyl sites for hydroxylation is 1. The van der Waals surface area contributed by atoms with Crippen LogP contribution in [-0.2, 0) is 12.8 Å². The molecule has 0 bridgehead atoms. The van der Waals surface area contributed by atoms with Gasteiger partial charge in [0.05, 0.1) is 24.8 Å². The van der Waals surface area contributed by atoms with Gasteiger partial charge in [-0.2, -0.15) is 0 Å². The van der Waals surface area contributed by atoms with Gasteiger partial charge in [-0.3, -0.25) is 4.79 Å². The third-order valence-electron chi connectivity index (χ3n) is 6.18. The molecule has 0 aliphatic carbocycles. The zero-order valence-corrected chi connectivity index (χ0v) is 18.0. The van der Waals surface area contributed by atoms with Gasteiger partial charge < -0.3 is 20.1 Å². The van der Waals surface area contributed by atoms with Gasteiger partial charge in [0.25, 0.3) is 5.91 Å². The molecule has 5 rings (SSSR count). The van der Waals surface area contributed by atoms with Crippen LogP contribution in [0.4, 0.5) is 0 Å². The number of aromatic nitrogens is 1. The number of carbonyl (C=O) groups excluding carboxylic acids is 1. The van der Waals surface area contributed by atoms with Crippen molar-refractivity contribution >= 4 is 16.8 Å². The van der Waals surface area contributed by atoms with E-state index in [-0.39, 0.29) is 12.5 Å². The van der Waals surface area contributed by atoms with Crippen molar-refractivity contribution < 1.29 is 14.6 Å². The van der Waals surface area contributed by atoms with Gasteiger partial charge >= 0.3 is 0 Å². The standard InChI is InChI=1S/C27H26N2O3/c1-17-6-2-3-7-22(17)19-12-18-10-11-32-26(18)24(14-19)27(31)29-21(16-30)13-20-15-28-25-9-5-4-8-23(20)25/h2-9,12,14-15,21,28,30H,10-11,13,16H2,1H3,(H,29,31)/t21-/m1/s1. The van der Waals surface area contributed by atoms with E-state index in [0.717, 1.165) is 45.1 Å². The Morgan fingerprint density at radius 3 is 2.81 bits per heavy atom. The maximum atomic E-state index is 13.3. The van der Waals surface area contributed by atoms with E-state index in [2.05, 4.69) is 35.4 Å². The first kappa shape index (κ1) is 20.3. The lowest BCUT2D eigenvalue weighted by molar-refractivity contribution is 0.0913. The number of ether oxygens (including phenoxy) is 1. The molecule has 0 saturated carbocycles. The molecule has 32 heavy (non-hydrogen) atoms. The Hall–Kier alpha value is -3.57. The van der Waals surface area contributed by atoms with Crippen LogP contribution in [0.25, 0.3) is 22.0 Å². The molecule has 0 radical (unpaired) electrons. The summed E-state index contributed by atoms with van der Waals surface area (Å²) in [6, 6.07) is 19.8. The second-order valence-electron chi connectivity index (χ2n) is 8.34. The fraction of sp³-hybridized carbons (Fsp3) is 0.222. The highest BCUT2D eigenvalue weighted by Gasteiger charge is 2.25. The summed E-state index contributed by atoms with van der Waals surface area (Å²) in [6.45, 7) is 2.50. The van der Waals surface area contributed by atoms with Crippen LogP contribution in [0, 0.1) is 6.92 Å². The summed E-state index contributed by atoms with van der Waals surface area (Å²) in [6.07, 6.45) is 3.26. The predicted octanol–water partition coefficient (Wildman–Crippen LogP) is 4.41. The number of rotatable bonds is 6. The Morgan fingerprint density at radius 2 is 1.97 bits per heavy atom. The molecule has 1 atom stereocenters. The van der Waals surface area contributed by atoms with E-state index >= 15 is 0 Å². The van der Waals surface area contributed by atoms with Gasteiger partial charge in [0, 0.05) is 23.5 Å². The van der Waals surface area contributed by atoms with Gasteiger partial charge in [0.1, 0.15) is 5.75 Å². The van der Waals surface area contributed by atoms with Gasteiger partial charge in [-0.1, -0.05) is 42.5 Å². The molecule has 0 saturated heterocycles. The van der Waals surface area contributed by atoms with Crippen LogP contribution in [0.15, 0.2) is 66.9 Å². The number of aliphatic hydroxyl groups excluding tert-OH is 1. The van der Waals surface area contributed by atoms with E-state index in [1.807, 2.05) is 48.7 Å². The number of benzene rings is 3. The van der Waals surface area contributed by atoms with Gasteiger partial charge in [-0.15, -0.1) is 0 Å². The number of aliphatic hydroxyl groups is 1. The predicted molar refractivity (Wildman–Crippen MR) is 126 cm³/mol. The van der Waals surface area contributed by atoms with Crippen molar-refractivity contribution in [2.75, 3.05) is 13.2 Å². The van der Waals surface area contributed by atoms with Crippen LogP contribution in [0.3, 0.4) is 0 Å². The van der Waals surface area contributed by atoms with E-state index in [0.29, 0.717) is 24.3 Å². The second kappa shape index (κ2) is 8.52. The molecule has 5 heteroatoms. The number of H-pyrrole nitrogens is 1. The van der Waals surface area contributed by atoms with Crippen LogP contribution in [0.5, 0.6) is 5.75 Å². The number of carbonyl (C=O) groups is 1. The molecule has 0 unspecified atom stereocenters. The number of hydrogen-bond acceptors (Lipinski definition) is 3. The quantitative estimate of drug-likeness (QED) is 0.428. The number of nitrogens with one attached hydrogen (secondary N) is 2. The largest absolute Gasteiger partial charge is 0.492 e. The SMILES string of the molecule is Cc1ccccc1-c1cc2c(c(C(=O)N[C@@H](CO)Cc3c[nH]c4ccccc34)c1)OCC2. The lowest BCUT2D eigenvalue weighted by Gasteiger charge is -2.18. The molecular weight excluding hydrogens is 400 g/mol. The van der Waals surface area contributed by atoms with Crippen LogP contribution >= 0.6 is 0 Å². The molecule has 1 aliphatic rings. The minimum absolute atomic E-state index is 0.147. The van der Waals surface area contributed by atoms with Gasteiger partial charge in [0.15, 0.2) is 0 Å². The molecule has 3 N–H and O–H groups in total. The number of fused-ring (bicyclic) bond motifs is 2. The van der Waals surface area contributed by atoms with Gasteiger partial charge in [0.2, 0.25) is 0 Å². The Balaban J connectivity index is 1.44. The molecule has 1 aromatic heterocycles. The molecule has 0 fully saturated rings. The van der Waals surface area contributed by atoms with Crippen LogP contribution in [0.2, 0.25) is 0 Å². The number of amides is 1. The summed E-state index contributed by atoms with van der Waals surface area (Å²) in [5.41, 5.74) is 6.95. The minimum atomic E-state index is -0.402. The van der Waals surface area contributed by atoms with Gasteiger partial charge in [-0.25, -0.2) is 0 Å². The fourth-order valence-corrected chi connectivity index (χ4v) is 4.52. The summed E-state index contributed by atoms with van der Waals surface area (Å²) in [5, 5.41) is 14.1. The number of hydrogen-bond donors (Lipinski definition) is 3. The van der Waals surface area contributed by atoms with Crippen molar-refractivity contribution in [2.24, 2.45) is 0 Å². The van der Waals surface area contributed by atoms with E-state index in [1.54, 1.807) is 0 Å². The van der Waals surface area contributed by atoms with E-state index < -0.39 is 6.04 Å². The van der Waals surface area contributed by atoms with Crippen LogP contribution < -0.4 is 10.1 Å². The van der Waals surface area contributed by atoms with Crippen LogP contribution in [0.1, 0.15) is 27.0 Å². The summed E-state index contributed by atoms with van der Waals surface area (Å²) in [7, 11) is 0. The van der Waals surface area contributed by atoms with E-state index in [4.69, 9.17) is 4.74 Å². The summed E-state index contributed by atoms with van der Waals surface area (Å²) >= 11 is 0. The van der Waals surface area contributed by atoms with Crippen molar-refractivity contribution in [3.63, 3.8) is 0 Å². The average Bonchev–Trinajstić information content (AvgIpc) is 3.45. The Labute approximate surface area is 187 Å². The highest BCUT2D eigenvalue weighted by molar-refractivity contribution is 5.99. The molecule has 1 aliphatic heterocycles. The lowest BCUT2D eigenvalue weighted by atomic mass is 9.95. The molecular formula is C27H26N2O3. The monoisotopic (exact) mass is 426 g/mol. The van der Waals surface area contributed by atoms with E-state index in [9.17, 15) is 9.90 Å². The Bertz CT molecular complexity index is 1290. The summed E-state index contributed by atoms with van der Waals surface area (Å²) < 4.78 is 5.82. The highest BCUT2D eigenvalue weighted by Crippen LogP contribution is 2.35. The Morgan fingerprint density at radius 1 is 1.16 bits per heavy atom. The molecule has 1 amide bonds. The average molecular weight is 427 g/mol. The lowest BCUT2D eigenvalue weighted by Crippen LogP contribution is -2.39. The number of para-hydroxylation sites is 1. The minimum Gasteiger partial charge on any atom is -0.492 e. The summed E-state index contributed by atoms with van der Waals surface area (Å²) in [4.78, 5) is 16.6. The van der Waals surface area contributed by atoms with Crippen molar-refractivity contribution in [3.8, 4) is 16.9 Å². The molecule has 0 spiro atoms. The zero-order valence-electron chi connectivity index (χ0n) is 18.0. The molecule has 4 aromatic rings. The molecule has 2 heterocycles. The van der Waals surface area contributed by atoms with Crippen molar-refractivity contribution in [2.45, 2.75) is 25.8 Å². The van der Waals surface area contributed by atoms with Crippen molar-refractivity contribution in [3.05, 3.63) is 89.1 Å². The third kappa shape index (κ3) is 3.76. The van der Waals surface area contributed by atoms with Gasteiger partial charge in [-0.05, 0) is 59.4 Å². The first-order chi connectivity index (χ1) is 15.6. The van der Waals surface area contributed by atoms with Crippen LogP contribution in [-0.4, -0.2) is 35.3 Å². The first-order valence-corrected chi connectivity index (χ1v) is 11.0. The molecule has 5 nitrogen and oxygen atoms in total. The highest BCUT2D eigenvalue weighted by atomic mass is 16.5. The van der Waals surface area contributed by atoms with Crippen molar-refractivity contribution in [1.29, 1.82) is 0 Å². The zero-order chi connectivity index (χ0) is 22.1. The summed E-state index contributed by atoms with van der Waals surface area (Å²) in [5.74, 6) is 0.432. The number of aromatic amines is 1. The topological polar surface area (TPSA) is 74.4 Å². The molecule has 3 aromatic carbocycles.